The molecule has 0 unspecified atom stereocenters. The Kier molecular flexibility index (Phi) is 10.8. The smallest absolute Gasteiger partial charge is 0.272 e. The summed E-state index contributed by atoms with van der Waals surface area (Å²) in [7, 11) is 2.09. The van der Waals surface area contributed by atoms with Crippen molar-refractivity contribution < 1.29 is 19.4 Å². The molecule has 10 heteroatoms. The number of hydrogen-bond acceptors (Lipinski definition) is 6. The number of hydrogen-bond donors (Lipinski definition) is 2. The van der Waals surface area contributed by atoms with Crippen molar-refractivity contribution in [3.8, 4) is 0 Å². The number of alkyl halides is 3. The third-order valence-electron chi connectivity index (χ3n) is 7.05. The number of halogens is 3. The largest absolute Gasteiger partial charge is 0.392 e. The molecule has 0 spiro atoms. The maximum Gasteiger partial charge on any atom is 0.272 e. The Morgan fingerprint density at radius 3 is 2.30 bits per heavy atom. The summed E-state index contributed by atoms with van der Waals surface area (Å²) >= 11 is 16.9. The lowest BCUT2D eigenvalue weighted by molar-refractivity contribution is -0.275. The van der Waals surface area contributed by atoms with E-state index >= 15 is 0 Å². The van der Waals surface area contributed by atoms with Crippen LogP contribution in [0.5, 0.6) is 0 Å². The summed E-state index contributed by atoms with van der Waals surface area (Å²) in [4.78, 5) is 18.6. The molecule has 4 rings (SSSR count). The van der Waals surface area contributed by atoms with Gasteiger partial charge >= 0.3 is 0 Å². The van der Waals surface area contributed by atoms with E-state index < -0.39 is 16.0 Å². The first-order chi connectivity index (χ1) is 19.1. The third-order valence-corrected chi connectivity index (χ3v) is 7.57. The lowest BCUT2D eigenvalue weighted by Crippen LogP contribution is -2.44. The van der Waals surface area contributed by atoms with Crippen molar-refractivity contribution in [2.45, 2.75) is 48.8 Å². The van der Waals surface area contributed by atoms with Crippen LogP contribution in [0.3, 0.4) is 0 Å². The Morgan fingerprint density at radius 2 is 1.68 bits per heavy atom. The summed E-state index contributed by atoms with van der Waals surface area (Å²) in [6.45, 7) is 3.93. The molecule has 1 aliphatic heterocycles. The van der Waals surface area contributed by atoms with E-state index in [1.54, 1.807) is 0 Å². The van der Waals surface area contributed by atoms with Crippen molar-refractivity contribution in [3.05, 3.63) is 101 Å². The van der Waals surface area contributed by atoms with Gasteiger partial charge in [-0.05, 0) is 35.9 Å². The monoisotopic (exact) mass is 605 g/mol. The molecule has 0 aliphatic carbocycles. The van der Waals surface area contributed by atoms with Crippen molar-refractivity contribution >= 4 is 40.7 Å². The molecule has 40 heavy (non-hydrogen) atoms. The van der Waals surface area contributed by atoms with Crippen LogP contribution in [0.25, 0.3) is 0 Å². The number of pyridine rings is 1. The Bertz CT molecular complexity index is 1220. The molecule has 0 radical (unpaired) electrons. The van der Waals surface area contributed by atoms with Gasteiger partial charge in [0.15, 0.2) is 6.29 Å². The summed E-state index contributed by atoms with van der Waals surface area (Å²) in [5.74, 6) is -0.607. The Balaban J connectivity index is 1.48. The molecule has 1 saturated heterocycles. The van der Waals surface area contributed by atoms with Gasteiger partial charge in [-0.3, -0.25) is 9.78 Å². The van der Waals surface area contributed by atoms with Gasteiger partial charge in [0.1, 0.15) is 0 Å². The summed E-state index contributed by atoms with van der Waals surface area (Å²) in [5.41, 5.74) is 4.65. The van der Waals surface area contributed by atoms with Gasteiger partial charge in [0, 0.05) is 49.4 Å². The second kappa shape index (κ2) is 14.1. The first kappa shape index (κ1) is 30.7. The molecule has 2 N–H and O–H groups in total. The fourth-order valence-corrected chi connectivity index (χ4v) is 4.85. The summed E-state index contributed by atoms with van der Waals surface area (Å²) in [6, 6.07) is 21.4. The quantitative estimate of drug-likeness (QED) is 0.296. The van der Waals surface area contributed by atoms with E-state index in [2.05, 4.69) is 29.2 Å². The molecule has 0 bridgehead atoms. The number of carbonyl (C=O) groups excluding carboxylic acids is 1. The van der Waals surface area contributed by atoms with Crippen molar-refractivity contribution in [1.82, 2.24) is 15.2 Å². The number of amides is 1. The van der Waals surface area contributed by atoms with E-state index in [-0.39, 0.29) is 31.3 Å². The van der Waals surface area contributed by atoms with Crippen LogP contribution in [0.15, 0.2) is 72.9 Å². The molecule has 1 aromatic heterocycles. The molecule has 3 aromatic rings. The van der Waals surface area contributed by atoms with Crippen LogP contribution < -0.4 is 5.32 Å². The minimum atomic E-state index is -2.01. The van der Waals surface area contributed by atoms with Gasteiger partial charge in [-0.25, -0.2) is 0 Å². The normalized spacial score (nSPS) is 21.4. The van der Waals surface area contributed by atoms with Crippen molar-refractivity contribution in [2.75, 3.05) is 20.1 Å². The van der Waals surface area contributed by atoms with E-state index in [1.165, 1.54) is 0 Å². The number of rotatable bonds is 10. The predicted molar refractivity (Wildman–Crippen MR) is 157 cm³/mol. The number of aromatic nitrogens is 1. The van der Waals surface area contributed by atoms with Gasteiger partial charge in [-0.1, -0.05) is 96.3 Å². The van der Waals surface area contributed by atoms with Crippen molar-refractivity contribution in [2.24, 2.45) is 5.92 Å². The van der Waals surface area contributed by atoms with Gasteiger partial charge in [-0.15, -0.1) is 0 Å². The fourth-order valence-electron chi connectivity index (χ4n) is 4.65. The first-order valence-electron chi connectivity index (χ1n) is 13.2. The van der Waals surface area contributed by atoms with Crippen molar-refractivity contribution in [1.29, 1.82) is 0 Å². The number of ether oxygens (including phenoxy) is 2. The minimum absolute atomic E-state index is 0.00868. The zero-order valence-corrected chi connectivity index (χ0v) is 24.7. The summed E-state index contributed by atoms with van der Waals surface area (Å²) in [6.07, 6.45) is 1.77. The van der Waals surface area contributed by atoms with Gasteiger partial charge in [-0.2, -0.15) is 0 Å². The highest BCUT2D eigenvalue weighted by Gasteiger charge is 2.38. The molecule has 1 aliphatic rings. The number of aliphatic hydroxyl groups excluding tert-OH is 1. The molecule has 1 amide bonds. The van der Waals surface area contributed by atoms with Crippen LogP contribution >= 0.6 is 34.8 Å². The zero-order chi connectivity index (χ0) is 28.7. The van der Waals surface area contributed by atoms with Gasteiger partial charge in [0.2, 0.25) is 0 Å². The van der Waals surface area contributed by atoms with E-state index in [0.29, 0.717) is 0 Å². The van der Waals surface area contributed by atoms with Crippen LogP contribution in [0.1, 0.15) is 47.3 Å². The molecule has 0 saturated carbocycles. The van der Waals surface area contributed by atoms with E-state index in [0.717, 1.165) is 47.5 Å². The van der Waals surface area contributed by atoms with Crippen LogP contribution in [0.2, 0.25) is 0 Å². The topological polar surface area (TPSA) is 83.9 Å². The maximum absolute atomic E-state index is 11.9. The first-order valence-corrected chi connectivity index (χ1v) is 14.3. The molecule has 1 fully saturated rings. The van der Waals surface area contributed by atoms with Crippen LogP contribution in [0.4, 0.5) is 0 Å². The number of carbonyl (C=O) groups is 1. The summed E-state index contributed by atoms with van der Waals surface area (Å²) in [5, 5.41) is 12.1. The Labute approximate surface area is 250 Å². The number of benzene rings is 2. The SMILES string of the molecule is C[C@H]1[C@@H](CN(C)CCc2ccccn2)O[C@@H](c2ccc(CNC(=O)C(Cl)(Cl)Cl)cc2)O[C@H]1c1ccc(CO)cc1. The Hall–Kier alpha value is -2.23. The molecule has 2 heterocycles. The predicted octanol–water partition coefficient (Wildman–Crippen LogP) is 5.53. The molecular weight excluding hydrogens is 573 g/mol. The van der Waals surface area contributed by atoms with E-state index in [1.807, 2.05) is 72.9 Å². The average molecular weight is 607 g/mol. The standard InChI is InChI=1S/C30H34Cl3N3O4/c1-20-26(18-36(2)16-14-25-5-3-4-15-34-25)39-28(40-27(20)23-10-8-22(19-37)9-11-23)24-12-6-21(7-13-24)17-35-29(38)30(31,32)33/h3-13,15,20,26-28,37H,14,16-19H2,1-2H3,(H,35,38)/t20-,26+,27+,28+/m0/s1. The molecule has 2 aromatic carbocycles. The average Bonchev–Trinajstić information content (AvgIpc) is 2.96. The number of nitrogens with one attached hydrogen (secondary N) is 1. The highest BCUT2D eigenvalue weighted by Crippen LogP contribution is 2.41. The van der Waals surface area contributed by atoms with Gasteiger partial charge < -0.3 is 24.8 Å². The van der Waals surface area contributed by atoms with Gasteiger partial charge in [0.25, 0.3) is 9.70 Å². The molecule has 214 valence electrons. The third kappa shape index (κ3) is 8.40. The lowest BCUT2D eigenvalue weighted by Gasteiger charge is -2.42. The zero-order valence-electron chi connectivity index (χ0n) is 22.5. The lowest BCUT2D eigenvalue weighted by atomic mass is 9.90. The molecular formula is C30H34Cl3N3O4. The Morgan fingerprint density at radius 1 is 1.00 bits per heavy atom. The van der Waals surface area contributed by atoms with Crippen LogP contribution in [-0.2, 0) is 33.8 Å². The number of nitrogens with zero attached hydrogens (tertiary/aromatic N) is 2. The van der Waals surface area contributed by atoms with Crippen LogP contribution in [-0.4, -0.2) is 50.9 Å². The molecule has 4 atom stereocenters. The maximum atomic E-state index is 11.9. The summed E-state index contributed by atoms with van der Waals surface area (Å²) < 4.78 is 11.1. The van der Waals surface area contributed by atoms with E-state index in [9.17, 15) is 9.90 Å². The van der Waals surface area contributed by atoms with Gasteiger partial charge in [0.05, 0.1) is 18.8 Å². The minimum Gasteiger partial charge on any atom is -0.392 e. The second-order valence-electron chi connectivity index (χ2n) is 10.1. The second-order valence-corrected chi connectivity index (χ2v) is 12.4. The number of likely N-dealkylation sites (N-methyl/N-ethyl adjacent to an activating group) is 1. The highest BCUT2D eigenvalue weighted by molar-refractivity contribution is 6.76. The molecule has 7 nitrogen and oxygen atoms in total. The van der Waals surface area contributed by atoms with Crippen LogP contribution in [0, 0.1) is 5.92 Å². The van der Waals surface area contributed by atoms with E-state index in [4.69, 9.17) is 44.3 Å². The highest BCUT2D eigenvalue weighted by atomic mass is 35.6. The van der Waals surface area contributed by atoms with Crippen molar-refractivity contribution in [3.63, 3.8) is 0 Å². The number of aliphatic hydroxyl groups is 1. The fraction of sp³-hybridized carbons (Fsp3) is 0.400.